The topological polar surface area (TPSA) is 59.6 Å². The lowest BCUT2D eigenvalue weighted by Crippen LogP contribution is -2.48. The fourth-order valence-corrected chi connectivity index (χ4v) is 3.85. The van der Waals surface area contributed by atoms with Crippen LogP contribution in [0.3, 0.4) is 0 Å². The average Bonchev–Trinajstić information content (AvgIpc) is 3.23. The first kappa shape index (κ1) is 14.1. The lowest BCUT2D eigenvalue weighted by Gasteiger charge is -2.34. The van der Waals surface area contributed by atoms with Crippen molar-refractivity contribution in [1.82, 2.24) is 9.88 Å². The number of hydrogen-bond donors (Lipinski definition) is 2. The second-order valence-corrected chi connectivity index (χ2v) is 6.61. The standard InChI is InChI=1S/C17H17N3O2S/c21-17(22)20-7-5-19(6-8-20)12-3-4-15-13(10-12)14(11-18-15)16-2-1-9-23-16/h1-4,9-11,18H,5-8H2,(H,21,22). The van der Waals surface area contributed by atoms with Crippen molar-refractivity contribution in [3.8, 4) is 10.4 Å². The second kappa shape index (κ2) is 5.62. The van der Waals surface area contributed by atoms with E-state index in [1.807, 2.05) is 0 Å². The molecule has 1 amide bonds. The summed E-state index contributed by atoms with van der Waals surface area (Å²) in [7, 11) is 0. The third-order valence-corrected chi connectivity index (χ3v) is 5.27. The SMILES string of the molecule is O=C(O)N1CCN(c2ccc3[nH]cc(-c4cccs4)c3c2)CC1. The van der Waals surface area contributed by atoms with E-state index in [-0.39, 0.29) is 0 Å². The molecule has 3 aromatic rings. The van der Waals surface area contributed by atoms with Crippen LogP contribution in [-0.4, -0.2) is 47.3 Å². The molecular weight excluding hydrogens is 310 g/mol. The first-order chi connectivity index (χ1) is 11.2. The van der Waals surface area contributed by atoms with Crippen LogP contribution in [0.5, 0.6) is 0 Å². The Kier molecular flexibility index (Phi) is 3.46. The Morgan fingerprint density at radius 2 is 2.00 bits per heavy atom. The molecule has 0 bridgehead atoms. The molecule has 0 saturated carbocycles. The number of carboxylic acid groups (broad SMARTS) is 1. The van der Waals surface area contributed by atoms with Crippen molar-refractivity contribution < 1.29 is 9.90 Å². The number of anilines is 1. The van der Waals surface area contributed by atoms with Crippen LogP contribution in [0.15, 0.2) is 41.9 Å². The number of nitrogens with one attached hydrogen (secondary N) is 1. The summed E-state index contributed by atoms with van der Waals surface area (Å²) in [5, 5.41) is 12.4. The van der Waals surface area contributed by atoms with E-state index >= 15 is 0 Å². The van der Waals surface area contributed by atoms with Crippen LogP contribution >= 0.6 is 11.3 Å². The molecule has 1 fully saturated rings. The van der Waals surface area contributed by atoms with Crippen molar-refractivity contribution in [3.05, 3.63) is 41.9 Å². The first-order valence-electron chi connectivity index (χ1n) is 7.60. The van der Waals surface area contributed by atoms with E-state index in [1.165, 1.54) is 20.7 Å². The molecule has 1 aliphatic rings. The molecular formula is C17H17N3O2S. The van der Waals surface area contributed by atoms with Gasteiger partial charge in [-0.25, -0.2) is 4.79 Å². The van der Waals surface area contributed by atoms with Crippen molar-refractivity contribution in [2.24, 2.45) is 0 Å². The van der Waals surface area contributed by atoms with Gasteiger partial charge in [-0.1, -0.05) is 6.07 Å². The van der Waals surface area contributed by atoms with Gasteiger partial charge in [-0.2, -0.15) is 0 Å². The predicted molar refractivity (Wildman–Crippen MR) is 93.4 cm³/mol. The Morgan fingerprint density at radius 3 is 2.70 bits per heavy atom. The molecule has 1 saturated heterocycles. The zero-order valence-corrected chi connectivity index (χ0v) is 13.3. The molecule has 0 aliphatic carbocycles. The van der Waals surface area contributed by atoms with E-state index < -0.39 is 6.09 Å². The third-order valence-electron chi connectivity index (χ3n) is 4.37. The maximum atomic E-state index is 11.0. The molecule has 0 radical (unpaired) electrons. The van der Waals surface area contributed by atoms with Crippen LogP contribution in [-0.2, 0) is 0 Å². The molecule has 2 N–H and O–H groups in total. The van der Waals surface area contributed by atoms with E-state index in [1.54, 1.807) is 11.3 Å². The van der Waals surface area contributed by atoms with Gasteiger partial charge in [-0.05, 0) is 29.6 Å². The van der Waals surface area contributed by atoms with Gasteiger partial charge < -0.3 is 19.9 Å². The van der Waals surface area contributed by atoms with Gasteiger partial charge in [0.15, 0.2) is 0 Å². The number of carbonyl (C=O) groups is 1. The molecule has 1 aliphatic heterocycles. The minimum absolute atomic E-state index is 0.554. The van der Waals surface area contributed by atoms with Gasteiger partial charge in [-0.15, -0.1) is 11.3 Å². The van der Waals surface area contributed by atoms with E-state index in [0.29, 0.717) is 13.1 Å². The number of H-pyrrole nitrogens is 1. The molecule has 0 unspecified atom stereocenters. The predicted octanol–water partition coefficient (Wildman–Crippen LogP) is 3.70. The van der Waals surface area contributed by atoms with Crippen LogP contribution in [0.4, 0.5) is 10.5 Å². The minimum Gasteiger partial charge on any atom is -0.465 e. The average molecular weight is 327 g/mol. The zero-order valence-electron chi connectivity index (χ0n) is 12.5. The Bertz CT molecular complexity index is 833. The number of piperazine rings is 1. The summed E-state index contributed by atoms with van der Waals surface area (Å²) in [5.41, 5.74) is 3.50. The van der Waals surface area contributed by atoms with Crippen LogP contribution in [0.2, 0.25) is 0 Å². The Hall–Kier alpha value is -2.47. The second-order valence-electron chi connectivity index (χ2n) is 5.67. The van der Waals surface area contributed by atoms with E-state index in [9.17, 15) is 4.79 Å². The van der Waals surface area contributed by atoms with Gasteiger partial charge in [0, 0.05) is 59.4 Å². The van der Waals surface area contributed by atoms with E-state index in [4.69, 9.17) is 5.11 Å². The minimum atomic E-state index is -0.828. The molecule has 5 nitrogen and oxygen atoms in total. The molecule has 4 rings (SSSR count). The smallest absolute Gasteiger partial charge is 0.407 e. The largest absolute Gasteiger partial charge is 0.465 e. The molecule has 2 aromatic heterocycles. The van der Waals surface area contributed by atoms with Gasteiger partial charge in [0.25, 0.3) is 0 Å². The maximum absolute atomic E-state index is 11.0. The number of nitrogens with zero attached hydrogens (tertiary/aromatic N) is 2. The highest BCUT2D eigenvalue weighted by atomic mass is 32.1. The lowest BCUT2D eigenvalue weighted by molar-refractivity contribution is 0.142. The highest BCUT2D eigenvalue weighted by Crippen LogP contribution is 2.34. The van der Waals surface area contributed by atoms with Crippen LogP contribution < -0.4 is 4.90 Å². The van der Waals surface area contributed by atoms with Gasteiger partial charge in [0.1, 0.15) is 0 Å². The van der Waals surface area contributed by atoms with Crippen LogP contribution in [0.1, 0.15) is 0 Å². The normalized spacial score (nSPS) is 15.3. The number of aromatic amines is 1. The van der Waals surface area contributed by atoms with Gasteiger partial charge in [0.2, 0.25) is 0 Å². The van der Waals surface area contributed by atoms with Crippen molar-refractivity contribution in [2.75, 3.05) is 31.1 Å². The van der Waals surface area contributed by atoms with Crippen molar-refractivity contribution in [1.29, 1.82) is 0 Å². The summed E-state index contributed by atoms with van der Waals surface area (Å²) in [5.74, 6) is 0. The molecule has 0 spiro atoms. The molecule has 118 valence electrons. The highest BCUT2D eigenvalue weighted by molar-refractivity contribution is 7.13. The number of amides is 1. The third kappa shape index (κ3) is 2.55. The zero-order chi connectivity index (χ0) is 15.8. The number of benzene rings is 1. The number of hydrogen-bond acceptors (Lipinski definition) is 3. The van der Waals surface area contributed by atoms with Crippen LogP contribution in [0.25, 0.3) is 21.3 Å². The number of rotatable bonds is 2. The Balaban J connectivity index is 1.64. The summed E-state index contributed by atoms with van der Waals surface area (Å²) < 4.78 is 0. The molecule has 1 aromatic carbocycles. The Morgan fingerprint density at radius 1 is 1.17 bits per heavy atom. The van der Waals surface area contributed by atoms with Crippen molar-refractivity contribution >= 4 is 34.0 Å². The van der Waals surface area contributed by atoms with Gasteiger partial charge in [-0.3, -0.25) is 0 Å². The highest BCUT2D eigenvalue weighted by Gasteiger charge is 2.21. The van der Waals surface area contributed by atoms with Gasteiger partial charge in [0.05, 0.1) is 0 Å². The van der Waals surface area contributed by atoms with Crippen LogP contribution in [0, 0.1) is 0 Å². The number of fused-ring (bicyclic) bond motifs is 1. The van der Waals surface area contributed by atoms with Crippen molar-refractivity contribution in [2.45, 2.75) is 0 Å². The molecule has 23 heavy (non-hydrogen) atoms. The fourth-order valence-electron chi connectivity index (χ4n) is 3.10. The lowest BCUT2D eigenvalue weighted by atomic mass is 10.1. The number of thiophene rings is 1. The summed E-state index contributed by atoms with van der Waals surface area (Å²) >= 11 is 1.73. The molecule has 6 heteroatoms. The maximum Gasteiger partial charge on any atom is 0.407 e. The summed E-state index contributed by atoms with van der Waals surface area (Å²) in [6.07, 6.45) is 1.23. The molecule has 0 atom stereocenters. The quantitative estimate of drug-likeness (QED) is 0.754. The van der Waals surface area contributed by atoms with Gasteiger partial charge >= 0.3 is 6.09 Å². The Labute approximate surface area is 137 Å². The van der Waals surface area contributed by atoms with E-state index in [2.05, 4.69) is 51.8 Å². The molecule has 3 heterocycles. The summed E-state index contributed by atoms with van der Waals surface area (Å²) in [4.78, 5) is 19.3. The summed E-state index contributed by atoms with van der Waals surface area (Å²) in [6.45, 7) is 2.57. The first-order valence-corrected chi connectivity index (χ1v) is 8.48. The number of aromatic nitrogens is 1. The fraction of sp³-hybridized carbons (Fsp3) is 0.235. The summed E-state index contributed by atoms with van der Waals surface area (Å²) in [6, 6.07) is 10.6. The van der Waals surface area contributed by atoms with Crippen molar-refractivity contribution in [3.63, 3.8) is 0 Å². The van der Waals surface area contributed by atoms with E-state index in [0.717, 1.165) is 24.3 Å². The monoisotopic (exact) mass is 327 g/mol.